The van der Waals surface area contributed by atoms with Gasteiger partial charge in [0.15, 0.2) is 5.69 Å². The Balaban J connectivity index is 1.78. The lowest BCUT2D eigenvalue weighted by Gasteiger charge is -2.28. The molecule has 0 amide bonds. The summed E-state index contributed by atoms with van der Waals surface area (Å²) in [4.78, 5) is 11.9. The third-order valence-electron chi connectivity index (χ3n) is 5.62. The number of ether oxygens (including phenoxy) is 1. The van der Waals surface area contributed by atoms with E-state index in [1.807, 2.05) is 44.2 Å². The molecule has 1 aliphatic rings. The van der Waals surface area contributed by atoms with Crippen LogP contribution in [0.1, 0.15) is 32.9 Å². The highest BCUT2D eigenvalue weighted by atomic mass is 32.2. The van der Waals surface area contributed by atoms with Crippen LogP contribution < -0.4 is 4.74 Å². The fourth-order valence-electron chi connectivity index (χ4n) is 3.82. The quantitative estimate of drug-likeness (QED) is 0.653. The number of aryl methyl sites for hydroxylation is 2. The van der Waals surface area contributed by atoms with Crippen molar-refractivity contribution in [3.05, 3.63) is 70.5 Å². The van der Waals surface area contributed by atoms with Gasteiger partial charge in [-0.3, -0.25) is 0 Å². The van der Waals surface area contributed by atoms with Gasteiger partial charge in [-0.05, 0) is 49.2 Å². The van der Waals surface area contributed by atoms with Gasteiger partial charge in [-0.2, -0.15) is 9.40 Å². The van der Waals surface area contributed by atoms with Gasteiger partial charge in [-0.15, -0.1) is 0 Å². The number of aromatic nitrogens is 2. The maximum absolute atomic E-state index is 13.5. The maximum atomic E-state index is 13.5. The molecule has 0 saturated carbocycles. The Morgan fingerprint density at radius 3 is 2.45 bits per heavy atom. The van der Waals surface area contributed by atoms with Gasteiger partial charge in [0.1, 0.15) is 10.6 Å². The van der Waals surface area contributed by atoms with Crippen LogP contribution in [0.5, 0.6) is 5.75 Å². The van der Waals surface area contributed by atoms with Crippen LogP contribution in [0, 0.1) is 13.8 Å². The first kappa shape index (κ1) is 21.1. The van der Waals surface area contributed by atoms with Crippen LogP contribution in [0.25, 0.3) is 5.69 Å². The molecule has 2 aromatic carbocycles. The van der Waals surface area contributed by atoms with E-state index in [-0.39, 0.29) is 29.4 Å². The molecule has 8 nitrogen and oxygen atoms in total. The second kappa shape index (κ2) is 7.82. The molecule has 0 spiro atoms. The van der Waals surface area contributed by atoms with E-state index in [0.717, 1.165) is 16.8 Å². The van der Waals surface area contributed by atoms with Crippen LogP contribution in [0.3, 0.4) is 0 Å². The van der Waals surface area contributed by atoms with Gasteiger partial charge in [0.2, 0.25) is 10.0 Å². The van der Waals surface area contributed by atoms with Crippen molar-refractivity contribution in [1.82, 2.24) is 14.1 Å². The average Bonchev–Trinajstić information content (AvgIpc) is 3.15. The highest BCUT2D eigenvalue weighted by Gasteiger charge is 2.35. The van der Waals surface area contributed by atoms with Crippen LogP contribution >= 0.6 is 0 Å². The standard InChI is InChI=1S/C22H23N3O5S/c1-14-11-19(30-3)20(12-15(14)2)31(28,29)24-10-9-18-17(13-24)21(22(26)27)23-25(18)16-7-5-4-6-8-16/h4-8,11-12H,9-10,13H2,1-3H3,(H,26,27). The van der Waals surface area contributed by atoms with E-state index in [0.29, 0.717) is 17.7 Å². The first-order valence-electron chi connectivity index (χ1n) is 9.79. The van der Waals surface area contributed by atoms with Crippen LogP contribution in [-0.2, 0) is 23.0 Å². The summed E-state index contributed by atoms with van der Waals surface area (Å²) in [5.41, 5.74) is 3.48. The molecule has 0 bridgehead atoms. The topological polar surface area (TPSA) is 102 Å². The number of para-hydroxylation sites is 1. The van der Waals surface area contributed by atoms with Gasteiger partial charge in [-0.25, -0.2) is 17.9 Å². The third-order valence-corrected chi connectivity index (χ3v) is 7.49. The molecular formula is C22H23N3O5S. The van der Waals surface area contributed by atoms with Gasteiger partial charge >= 0.3 is 5.97 Å². The molecule has 0 atom stereocenters. The molecule has 0 aliphatic carbocycles. The molecule has 0 fully saturated rings. The number of carboxylic acid groups (broad SMARTS) is 1. The van der Waals surface area contributed by atoms with Gasteiger partial charge < -0.3 is 9.84 Å². The number of benzene rings is 2. The lowest BCUT2D eigenvalue weighted by atomic mass is 10.1. The van der Waals surface area contributed by atoms with E-state index in [1.54, 1.807) is 16.8 Å². The molecule has 0 saturated heterocycles. The minimum atomic E-state index is -3.91. The molecular weight excluding hydrogens is 418 g/mol. The second-order valence-corrected chi connectivity index (χ2v) is 9.41. The number of carboxylic acids is 1. The molecule has 0 unspecified atom stereocenters. The van der Waals surface area contributed by atoms with Crippen molar-refractivity contribution in [2.24, 2.45) is 0 Å². The summed E-state index contributed by atoms with van der Waals surface area (Å²) in [7, 11) is -2.47. The maximum Gasteiger partial charge on any atom is 0.356 e. The molecule has 31 heavy (non-hydrogen) atoms. The van der Waals surface area contributed by atoms with Gasteiger partial charge in [-0.1, -0.05) is 18.2 Å². The normalized spacial score (nSPS) is 14.3. The van der Waals surface area contributed by atoms with Crippen molar-refractivity contribution in [1.29, 1.82) is 0 Å². The van der Waals surface area contributed by atoms with Gasteiger partial charge in [0.25, 0.3) is 0 Å². The number of rotatable bonds is 5. The van der Waals surface area contributed by atoms with Crippen molar-refractivity contribution in [2.75, 3.05) is 13.7 Å². The number of hydrogen-bond acceptors (Lipinski definition) is 5. The van der Waals surface area contributed by atoms with E-state index in [9.17, 15) is 18.3 Å². The molecule has 1 aromatic heterocycles. The Hall–Kier alpha value is -3.17. The molecule has 3 aromatic rings. The average molecular weight is 442 g/mol. The van der Waals surface area contributed by atoms with Crippen molar-refractivity contribution < 1.29 is 23.1 Å². The third kappa shape index (κ3) is 3.60. The summed E-state index contributed by atoms with van der Waals surface area (Å²) in [5.74, 6) is -0.915. The van der Waals surface area contributed by atoms with E-state index in [1.165, 1.54) is 11.4 Å². The summed E-state index contributed by atoms with van der Waals surface area (Å²) >= 11 is 0. The van der Waals surface area contributed by atoms with Crippen LogP contribution in [0.15, 0.2) is 47.4 Å². The van der Waals surface area contributed by atoms with Crippen molar-refractivity contribution in [3.63, 3.8) is 0 Å². The summed E-state index contributed by atoms with van der Waals surface area (Å²) in [5, 5.41) is 14.0. The fourth-order valence-corrected chi connectivity index (χ4v) is 5.45. The first-order chi connectivity index (χ1) is 14.7. The minimum Gasteiger partial charge on any atom is -0.495 e. The Kier molecular flexibility index (Phi) is 5.32. The van der Waals surface area contributed by atoms with Crippen LogP contribution in [-0.4, -0.2) is 47.2 Å². The number of methoxy groups -OCH3 is 1. The van der Waals surface area contributed by atoms with E-state index in [2.05, 4.69) is 5.10 Å². The molecule has 4 rings (SSSR count). The summed E-state index contributed by atoms with van der Waals surface area (Å²) in [6, 6.07) is 12.5. The largest absolute Gasteiger partial charge is 0.495 e. The predicted molar refractivity (Wildman–Crippen MR) is 114 cm³/mol. The molecule has 162 valence electrons. The van der Waals surface area contributed by atoms with E-state index >= 15 is 0 Å². The van der Waals surface area contributed by atoms with Crippen molar-refractivity contribution in [2.45, 2.75) is 31.7 Å². The zero-order chi connectivity index (χ0) is 22.3. The van der Waals surface area contributed by atoms with Crippen molar-refractivity contribution in [3.8, 4) is 11.4 Å². The Morgan fingerprint density at radius 2 is 1.81 bits per heavy atom. The van der Waals surface area contributed by atoms with E-state index in [4.69, 9.17) is 4.74 Å². The summed E-state index contributed by atoms with van der Waals surface area (Å²) < 4.78 is 35.2. The lowest BCUT2D eigenvalue weighted by molar-refractivity contribution is 0.0688. The van der Waals surface area contributed by atoms with Crippen LogP contribution in [0.2, 0.25) is 0 Å². The Morgan fingerprint density at radius 1 is 1.13 bits per heavy atom. The first-order valence-corrected chi connectivity index (χ1v) is 11.2. The predicted octanol–water partition coefficient (Wildman–Crippen LogP) is 2.94. The number of aromatic carboxylic acids is 1. The summed E-state index contributed by atoms with van der Waals surface area (Å²) in [6.07, 6.45) is 0.344. The fraction of sp³-hybridized carbons (Fsp3) is 0.273. The number of hydrogen-bond donors (Lipinski definition) is 1. The smallest absolute Gasteiger partial charge is 0.356 e. The SMILES string of the molecule is COc1cc(C)c(C)cc1S(=O)(=O)N1CCc2c(c(C(=O)O)nn2-c2ccccc2)C1. The molecule has 0 radical (unpaired) electrons. The highest BCUT2D eigenvalue weighted by Crippen LogP contribution is 2.33. The number of carbonyl (C=O) groups is 1. The lowest BCUT2D eigenvalue weighted by Crippen LogP contribution is -2.37. The molecule has 2 heterocycles. The number of sulfonamides is 1. The van der Waals surface area contributed by atoms with Crippen molar-refractivity contribution >= 4 is 16.0 Å². The Labute approximate surface area is 180 Å². The number of nitrogens with zero attached hydrogens (tertiary/aromatic N) is 3. The molecule has 1 aliphatic heterocycles. The minimum absolute atomic E-state index is 0.0673. The molecule has 9 heteroatoms. The second-order valence-electron chi connectivity index (χ2n) is 7.50. The Bertz CT molecular complexity index is 1270. The van der Waals surface area contributed by atoms with Gasteiger partial charge in [0.05, 0.1) is 18.5 Å². The summed E-state index contributed by atoms with van der Waals surface area (Å²) in [6.45, 7) is 3.87. The monoisotopic (exact) mass is 441 g/mol. The number of fused-ring (bicyclic) bond motifs is 1. The zero-order valence-electron chi connectivity index (χ0n) is 17.5. The highest BCUT2D eigenvalue weighted by molar-refractivity contribution is 7.89. The zero-order valence-corrected chi connectivity index (χ0v) is 18.3. The van der Waals surface area contributed by atoms with E-state index < -0.39 is 16.0 Å². The molecule has 1 N–H and O–H groups in total. The van der Waals surface area contributed by atoms with Crippen LogP contribution in [0.4, 0.5) is 0 Å². The van der Waals surface area contributed by atoms with Gasteiger partial charge in [0, 0.05) is 25.1 Å².